The monoisotopic (exact) mass is 343 g/mol. The molecule has 0 saturated carbocycles. The molecular formula is C17H26ClNO2S. The number of hydrogen-bond donors (Lipinski definition) is 0. The maximum Gasteiger partial charge on any atom is 0.309 e. The minimum absolute atomic E-state index is 0. The van der Waals surface area contributed by atoms with Crippen LogP contribution in [-0.2, 0) is 9.53 Å². The lowest BCUT2D eigenvalue weighted by molar-refractivity contribution is -0.149. The maximum atomic E-state index is 11.7. The van der Waals surface area contributed by atoms with Gasteiger partial charge in [0.1, 0.15) is 0 Å². The summed E-state index contributed by atoms with van der Waals surface area (Å²) in [6.07, 6.45) is 3.10. The summed E-state index contributed by atoms with van der Waals surface area (Å²) in [5.74, 6) is 1.28. The Morgan fingerprint density at radius 2 is 1.95 bits per heavy atom. The van der Waals surface area contributed by atoms with Crippen LogP contribution in [0.3, 0.4) is 0 Å². The topological polar surface area (TPSA) is 29.5 Å². The van der Waals surface area contributed by atoms with Crippen LogP contribution in [0.4, 0.5) is 0 Å². The zero-order valence-electron chi connectivity index (χ0n) is 13.2. The molecule has 1 aliphatic heterocycles. The number of rotatable bonds is 7. The first-order valence-electron chi connectivity index (χ1n) is 7.86. The highest BCUT2D eigenvalue weighted by molar-refractivity contribution is 7.99. The van der Waals surface area contributed by atoms with E-state index in [-0.39, 0.29) is 24.3 Å². The number of carbonyl (C=O) groups is 1. The fourth-order valence-electron chi connectivity index (χ4n) is 2.65. The molecule has 22 heavy (non-hydrogen) atoms. The van der Waals surface area contributed by atoms with Gasteiger partial charge in [0.05, 0.1) is 12.5 Å². The smallest absolute Gasteiger partial charge is 0.309 e. The Hall–Kier alpha value is -0.710. The molecule has 0 spiro atoms. The van der Waals surface area contributed by atoms with Gasteiger partial charge in [0.15, 0.2) is 0 Å². The number of likely N-dealkylation sites (tertiary alicyclic amines) is 1. The van der Waals surface area contributed by atoms with Crippen molar-refractivity contribution in [3.63, 3.8) is 0 Å². The first-order valence-corrected chi connectivity index (χ1v) is 8.85. The van der Waals surface area contributed by atoms with E-state index in [1.165, 1.54) is 11.3 Å². The van der Waals surface area contributed by atoms with Crippen LogP contribution in [0, 0.1) is 5.92 Å². The summed E-state index contributed by atoms with van der Waals surface area (Å²) in [6, 6.07) is 10.5. The zero-order chi connectivity index (χ0) is 14.9. The molecule has 0 unspecified atom stereocenters. The number of piperidine rings is 1. The van der Waals surface area contributed by atoms with E-state index in [0.717, 1.165) is 38.2 Å². The predicted molar refractivity (Wildman–Crippen MR) is 94.8 cm³/mol. The molecule has 0 N–H and O–H groups in total. The van der Waals surface area contributed by atoms with Gasteiger partial charge in [-0.1, -0.05) is 18.2 Å². The van der Waals surface area contributed by atoms with Gasteiger partial charge in [-0.3, -0.25) is 4.79 Å². The first kappa shape index (κ1) is 19.3. The molecule has 1 saturated heterocycles. The van der Waals surface area contributed by atoms with E-state index in [9.17, 15) is 4.79 Å². The van der Waals surface area contributed by atoms with Gasteiger partial charge in [0.2, 0.25) is 0 Å². The average molecular weight is 344 g/mol. The van der Waals surface area contributed by atoms with Crippen molar-refractivity contribution in [2.24, 2.45) is 5.92 Å². The molecule has 1 aromatic carbocycles. The number of thioether (sulfide) groups is 1. The van der Waals surface area contributed by atoms with E-state index in [1.807, 2.05) is 18.7 Å². The van der Waals surface area contributed by atoms with Crippen molar-refractivity contribution >= 4 is 30.1 Å². The van der Waals surface area contributed by atoms with Crippen LogP contribution in [0.5, 0.6) is 0 Å². The highest BCUT2D eigenvalue weighted by Gasteiger charge is 2.25. The van der Waals surface area contributed by atoms with Gasteiger partial charge in [-0.25, -0.2) is 0 Å². The second kappa shape index (κ2) is 10.9. The highest BCUT2D eigenvalue weighted by Crippen LogP contribution is 2.21. The molecule has 1 aromatic rings. The lowest BCUT2D eigenvalue weighted by Crippen LogP contribution is -2.37. The van der Waals surface area contributed by atoms with Gasteiger partial charge in [0, 0.05) is 4.90 Å². The van der Waals surface area contributed by atoms with Gasteiger partial charge in [-0.2, -0.15) is 0 Å². The highest BCUT2D eigenvalue weighted by atomic mass is 35.5. The van der Waals surface area contributed by atoms with E-state index < -0.39 is 0 Å². The summed E-state index contributed by atoms with van der Waals surface area (Å²) in [5, 5.41) is 0. The molecule has 1 heterocycles. The number of halogens is 1. The Kier molecular flexibility index (Phi) is 9.60. The largest absolute Gasteiger partial charge is 0.466 e. The number of ether oxygens (including phenoxy) is 1. The number of carbonyl (C=O) groups excluding carboxylic acids is 1. The molecular weight excluding hydrogens is 318 g/mol. The van der Waals surface area contributed by atoms with Gasteiger partial charge in [-0.15, -0.1) is 24.2 Å². The number of hydrogen-bond acceptors (Lipinski definition) is 4. The van der Waals surface area contributed by atoms with E-state index in [4.69, 9.17) is 4.74 Å². The summed E-state index contributed by atoms with van der Waals surface area (Å²) < 4.78 is 5.10. The average Bonchev–Trinajstić information content (AvgIpc) is 2.53. The molecule has 0 aliphatic carbocycles. The Bertz CT molecular complexity index is 422. The fourth-order valence-corrected chi connectivity index (χ4v) is 3.51. The Morgan fingerprint density at radius 3 is 2.59 bits per heavy atom. The minimum atomic E-state index is -0.00298. The lowest BCUT2D eigenvalue weighted by Gasteiger charge is -2.30. The third kappa shape index (κ3) is 6.59. The van der Waals surface area contributed by atoms with Crippen LogP contribution in [0.2, 0.25) is 0 Å². The molecule has 0 radical (unpaired) electrons. The third-order valence-corrected chi connectivity index (χ3v) is 4.94. The van der Waals surface area contributed by atoms with Gasteiger partial charge in [-0.05, 0) is 63.7 Å². The summed E-state index contributed by atoms with van der Waals surface area (Å²) >= 11 is 1.92. The molecule has 124 valence electrons. The third-order valence-electron chi connectivity index (χ3n) is 3.84. The van der Waals surface area contributed by atoms with Crippen LogP contribution >= 0.6 is 24.2 Å². The second-order valence-electron chi connectivity index (χ2n) is 5.38. The van der Waals surface area contributed by atoms with Crippen LogP contribution in [0.15, 0.2) is 35.2 Å². The van der Waals surface area contributed by atoms with E-state index >= 15 is 0 Å². The quantitative estimate of drug-likeness (QED) is 0.427. The first-order chi connectivity index (χ1) is 10.3. The van der Waals surface area contributed by atoms with E-state index in [1.54, 1.807) is 0 Å². The molecule has 0 bridgehead atoms. The van der Waals surface area contributed by atoms with Crippen molar-refractivity contribution in [2.75, 3.05) is 32.0 Å². The molecule has 0 aromatic heterocycles. The van der Waals surface area contributed by atoms with Crippen molar-refractivity contribution < 1.29 is 9.53 Å². The van der Waals surface area contributed by atoms with Crippen molar-refractivity contribution in [3.05, 3.63) is 30.3 Å². The van der Waals surface area contributed by atoms with Crippen LogP contribution in [0.1, 0.15) is 26.2 Å². The lowest BCUT2D eigenvalue weighted by atomic mass is 9.97. The van der Waals surface area contributed by atoms with Gasteiger partial charge < -0.3 is 9.64 Å². The summed E-state index contributed by atoms with van der Waals surface area (Å²) in [7, 11) is 0. The Labute approximate surface area is 144 Å². The molecule has 2 rings (SSSR count). The number of esters is 1. The molecule has 0 amide bonds. The number of nitrogens with zero attached hydrogens (tertiary/aromatic N) is 1. The second-order valence-corrected chi connectivity index (χ2v) is 6.55. The fraction of sp³-hybridized carbons (Fsp3) is 0.588. The summed E-state index contributed by atoms with van der Waals surface area (Å²) in [4.78, 5) is 15.5. The molecule has 3 nitrogen and oxygen atoms in total. The predicted octanol–water partition coefficient (Wildman–Crippen LogP) is 3.87. The van der Waals surface area contributed by atoms with Crippen molar-refractivity contribution in [3.8, 4) is 0 Å². The Balaban J connectivity index is 0.00000242. The molecule has 0 atom stereocenters. The van der Waals surface area contributed by atoms with Crippen molar-refractivity contribution in [2.45, 2.75) is 31.1 Å². The maximum absolute atomic E-state index is 11.7. The van der Waals surface area contributed by atoms with E-state index in [2.05, 4.69) is 35.2 Å². The zero-order valence-corrected chi connectivity index (χ0v) is 14.8. The Morgan fingerprint density at radius 1 is 1.27 bits per heavy atom. The molecule has 5 heteroatoms. The summed E-state index contributed by atoms with van der Waals surface area (Å²) in [5.41, 5.74) is 0. The SMILES string of the molecule is CCOC(=O)C1CCN(CCCSc2ccccc2)CC1.Cl. The normalized spacial score (nSPS) is 16.0. The number of benzene rings is 1. The standard InChI is InChI=1S/C17H25NO2S.ClH/c1-2-20-17(19)15-9-12-18(13-10-15)11-6-14-21-16-7-4-3-5-8-16;/h3-5,7-8,15H,2,6,9-14H2,1H3;1H. The van der Waals surface area contributed by atoms with Crippen LogP contribution in [0.25, 0.3) is 0 Å². The van der Waals surface area contributed by atoms with Crippen LogP contribution in [-0.4, -0.2) is 42.9 Å². The van der Waals surface area contributed by atoms with Crippen LogP contribution < -0.4 is 0 Å². The molecule has 1 aliphatic rings. The minimum Gasteiger partial charge on any atom is -0.466 e. The van der Waals surface area contributed by atoms with Gasteiger partial charge >= 0.3 is 5.97 Å². The van der Waals surface area contributed by atoms with Gasteiger partial charge in [0.25, 0.3) is 0 Å². The van der Waals surface area contributed by atoms with E-state index in [0.29, 0.717) is 6.61 Å². The summed E-state index contributed by atoms with van der Waals surface area (Å²) in [6.45, 7) is 5.56. The molecule has 1 fully saturated rings. The van der Waals surface area contributed by atoms with Crippen molar-refractivity contribution in [1.82, 2.24) is 4.90 Å². The van der Waals surface area contributed by atoms with Crippen molar-refractivity contribution in [1.29, 1.82) is 0 Å².